The standard InChI is InChI=1S/C13H22N2O2/c1-11(2)10-16-6-7-17-13-5-4-12(8-14-3)9-15-13/h4-5,9,11,14H,6-8,10H2,1-3H3. The van der Waals surface area contributed by atoms with Crippen molar-refractivity contribution < 1.29 is 9.47 Å². The number of aromatic nitrogens is 1. The molecule has 0 aliphatic carbocycles. The Labute approximate surface area is 103 Å². The fourth-order valence-corrected chi connectivity index (χ4v) is 1.33. The molecule has 0 saturated carbocycles. The van der Waals surface area contributed by atoms with E-state index in [1.165, 1.54) is 0 Å². The van der Waals surface area contributed by atoms with Crippen molar-refractivity contribution in [1.82, 2.24) is 10.3 Å². The van der Waals surface area contributed by atoms with E-state index in [1.807, 2.05) is 25.4 Å². The van der Waals surface area contributed by atoms with E-state index in [2.05, 4.69) is 24.1 Å². The Morgan fingerprint density at radius 3 is 2.71 bits per heavy atom. The third-order valence-electron chi connectivity index (χ3n) is 2.11. The zero-order chi connectivity index (χ0) is 12.5. The molecule has 1 N–H and O–H groups in total. The van der Waals surface area contributed by atoms with Crippen molar-refractivity contribution in [3.8, 4) is 5.88 Å². The van der Waals surface area contributed by atoms with Crippen LogP contribution in [0.2, 0.25) is 0 Å². The molecule has 1 aromatic heterocycles. The molecule has 0 radical (unpaired) electrons. The topological polar surface area (TPSA) is 43.4 Å². The summed E-state index contributed by atoms with van der Waals surface area (Å²) in [5.41, 5.74) is 1.15. The van der Waals surface area contributed by atoms with Crippen LogP contribution in [0.5, 0.6) is 5.88 Å². The Hall–Kier alpha value is -1.13. The van der Waals surface area contributed by atoms with Crippen LogP contribution in [-0.4, -0.2) is 31.9 Å². The first-order valence-corrected chi connectivity index (χ1v) is 6.02. The summed E-state index contributed by atoms with van der Waals surface area (Å²) in [6, 6.07) is 3.89. The first kappa shape index (κ1) is 13.9. The van der Waals surface area contributed by atoms with E-state index in [1.54, 1.807) is 0 Å². The minimum absolute atomic E-state index is 0.547. The van der Waals surface area contributed by atoms with Gasteiger partial charge in [-0.1, -0.05) is 19.9 Å². The Morgan fingerprint density at radius 1 is 1.29 bits per heavy atom. The minimum atomic E-state index is 0.547. The zero-order valence-electron chi connectivity index (χ0n) is 10.9. The highest BCUT2D eigenvalue weighted by Gasteiger charge is 1.97. The van der Waals surface area contributed by atoms with E-state index in [9.17, 15) is 0 Å². The summed E-state index contributed by atoms with van der Waals surface area (Å²) in [6.07, 6.45) is 1.82. The molecule has 1 rings (SSSR count). The van der Waals surface area contributed by atoms with E-state index >= 15 is 0 Å². The number of nitrogens with zero attached hydrogens (tertiary/aromatic N) is 1. The predicted molar refractivity (Wildman–Crippen MR) is 68.2 cm³/mol. The molecule has 1 aromatic rings. The number of rotatable bonds is 8. The molecule has 0 unspecified atom stereocenters. The lowest BCUT2D eigenvalue weighted by Gasteiger charge is -2.08. The molecule has 0 amide bonds. The van der Waals surface area contributed by atoms with E-state index in [0.717, 1.165) is 18.7 Å². The molecule has 1 heterocycles. The predicted octanol–water partition coefficient (Wildman–Crippen LogP) is 1.85. The van der Waals surface area contributed by atoms with Gasteiger partial charge in [-0.2, -0.15) is 0 Å². The van der Waals surface area contributed by atoms with Crippen molar-refractivity contribution in [2.24, 2.45) is 5.92 Å². The SMILES string of the molecule is CNCc1ccc(OCCOCC(C)C)nc1. The first-order valence-electron chi connectivity index (χ1n) is 6.02. The summed E-state index contributed by atoms with van der Waals surface area (Å²) in [5.74, 6) is 1.21. The van der Waals surface area contributed by atoms with Crippen molar-refractivity contribution in [1.29, 1.82) is 0 Å². The van der Waals surface area contributed by atoms with E-state index in [-0.39, 0.29) is 0 Å². The lowest BCUT2D eigenvalue weighted by Crippen LogP contribution is -2.11. The minimum Gasteiger partial charge on any atom is -0.475 e. The highest BCUT2D eigenvalue weighted by molar-refractivity contribution is 5.17. The lowest BCUT2D eigenvalue weighted by atomic mass is 10.2. The number of hydrogen-bond donors (Lipinski definition) is 1. The maximum Gasteiger partial charge on any atom is 0.213 e. The van der Waals surface area contributed by atoms with Crippen LogP contribution in [0.4, 0.5) is 0 Å². The van der Waals surface area contributed by atoms with Gasteiger partial charge in [0.05, 0.1) is 6.61 Å². The average molecular weight is 238 g/mol. The summed E-state index contributed by atoms with van der Waals surface area (Å²) in [6.45, 7) is 7.01. The normalized spacial score (nSPS) is 10.8. The van der Waals surface area contributed by atoms with Crippen LogP contribution < -0.4 is 10.1 Å². The third kappa shape index (κ3) is 6.24. The van der Waals surface area contributed by atoms with Crippen LogP contribution >= 0.6 is 0 Å². The molecule has 0 aromatic carbocycles. The van der Waals surface area contributed by atoms with Crippen LogP contribution in [0.15, 0.2) is 18.3 Å². The monoisotopic (exact) mass is 238 g/mol. The lowest BCUT2D eigenvalue weighted by molar-refractivity contribution is 0.0806. The molecule has 0 aliphatic heterocycles. The van der Waals surface area contributed by atoms with Gasteiger partial charge in [-0.3, -0.25) is 0 Å². The Kier molecular flexibility index (Phi) is 6.58. The third-order valence-corrected chi connectivity index (χ3v) is 2.11. The fraction of sp³-hybridized carbons (Fsp3) is 0.615. The van der Waals surface area contributed by atoms with Crippen molar-refractivity contribution >= 4 is 0 Å². The van der Waals surface area contributed by atoms with Crippen molar-refractivity contribution in [3.05, 3.63) is 23.9 Å². The summed E-state index contributed by atoms with van der Waals surface area (Å²) in [4.78, 5) is 4.21. The second kappa shape index (κ2) is 8.03. The Morgan fingerprint density at radius 2 is 2.12 bits per heavy atom. The second-order valence-corrected chi connectivity index (χ2v) is 4.35. The maximum absolute atomic E-state index is 5.46. The van der Waals surface area contributed by atoms with Crippen LogP contribution in [0.25, 0.3) is 0 Å². The molecule has 4 heteroatoms. The van der Waals surface area contributed by atoms with Gasteiger partial charge >= 0.3 is 0 Å². The van der Waals surface area contributed by atoms with Gasteiger partial charge in [0.25, 0.3) is 0 Å². The first-order chi connectivity index (χ1) is 8.22. The van der Waals surface area contributed by atoms with E-state index in [0.29, 0.717) is 25.0 Å². The molecule has 17 heavy (non-hydrogen) atoms. The number of pyridine rings is 1. The summed E-state index contributed by atoms with van der Waals surface area (Å²) in [5, 5.41) is 3.07. The highest BCUT2D eigenvalue weighted by atomic mass is 16.5. The Bertz CT molecular complexity index is 299. The van der Waals surface area contributed by atoms with Crippen LogP contribution in [0.3, 0.4) is 0 Å². The van der Waals surface area contributed by atoms with Crippen molar-refractivity contribution in [2.75, 3.05) is 26.9 Å². The molecular formula is C13H22N2O2. The Balaban J connectivity index is 2.18. The van der Waals surface area contributed by atoms with Crippen molar-refractivity contribution in [2.45, 2.75) is 20.4 Å². The smallest absolute Gasteiger partial charge is 0.213 e. The summed E-state index contributed by atoms with van der Waals surface area (Å²) < 4.78 is 10.9. The average Bonchev–Trinajstić information content (AvgIpc) is 2.31. The second-order valence-electron chi connectivity index (χ2n) is 4.35. The summed E-state index contributed by atoms with van der Waals surface area (Å²) in [7, 11) is 1.91. The van der Waals surface area contributed by atoms with Gasteiger partial charge in [0, 0.05) is 25.4 Å². The van der Waals surface area contributed by atoms with E-state index < -0.39 is 0 Å². The van der Waals surface area contributed by atoms with Gasteiger partial charge in [-0.05, 0) is 18.5 Å². The molecule has 0 atom stereocenters. The summed E-state index contributed by atoms with van der Waals surface area (Å²) >= 11 is 0. The molecule has 0 saturated heterocycles. The van der Waals surface area contributed by atoms with Gasteiger partial charge in [-0.15, -0.1) is 0 Å². The number of nitrogens with one attached hydrogen (secondary N) is 1. The quantitative estimate of drug-likeness (QED) is 0.702. The van der Waals surface area contributed by atoms with Gasteiger partial charge in [0.2, 0.25) is 5.88 Å². The molecule has 0 spiro atoms. The number of hydrogen-bond acceptors (Lipinski definition) is 4. The van der Waals surface area contributed by atoms with Gasteiger partial charge in [0.1, 0.15) is 6.61 Å². The molecule has 4 nitrogen and oxygen atoms in total. The van der Waals surface area contributed by atoms with Crippen molar-refractivity contribution in [3.63, 3.8) is 0 Å². The molecule has 0 fully saturated rings. The van der Waals surface area contributed by atoms with Crippen LogP contribution in [-0.2, 0) is 11.3 Å². The van der Waals surface area contributed by atoms with Gasteiger partial charge < -0.3 is 14.8 Å². The number of ether oxygens (including phenoxy) is 2. The van der Waals surface area contributed by atoms with Crippen LogP contribution in [0.1, 0.15) is 19.4 Å². The van der Waals surface area contributed by atoms with Crippen LogP contribution in [0, 0.1) is 5.92 Å². The molecular weight excluding hydrogens is 216 g/mol. The van der Waals surface area contributed by atoms with E-state index in [4.69, 9.17) is 9.47 Å². The highest BCUT2D eigenvalue weighted by Crippen LogP contribution is 2.07. The zero-order valence-corrected chi connectivity index (χ0v) is 10.9. The largest absolute Gasteiger partial charge is 0.475 e. The molecule has 96 valence electrons. The molecule has 0 bridgehead atoms. The maximum atomic E-state index is 5.46. The van der Waals surface area contributed by atoms with Gasteiger partial charge in [-0.25, -0.2) is 4.98 Å². The molecule has 0 aliphatic rings. The fourth-order valence-electron chi connectivity index (χ4n) is 1.33. The van der Waals surface area contributed by atoms with Gasteiger partial charge in [0.15, 0.2) is 0 Å².